The Balaban J connectivity index is 1.56. The third kappa shape index (κ3) is 4.76. The van der Waals surface area contributed by atoms with Gasteiger partial charge >= 0.3 is 0 Å². The lowest BCUT2D eigenvalue weighted by Gasteiger charge is -2.37. The Labute approximate surface area is 248 Å². The van der Waals surface area contributed by atoms with Gasteiger partial charge in [0.25, 0.3) is 5.91 Å². The van der Waals surface area contributed by atoms with Crippen molar-refractivity contribution < 1.29 is 24.2 Å². The number of β-amino-alcohol motifs (C(OH)–C–C–N with tert-alkyl or cyclic N) is 1. The maximum Gasteiger partial charge on any atom is 0.253 e. The molecule has 3 saturated heterocycles. The fourth-order valence-corrected chi connectivity index (χ4v) is 7.41. The number of carbonyl (C=O) groups excluding carboxylic acids is 3. The zero-order valence-electron chi connectivity index (χ0n) is 24.8. The van der Waals surface area contributed by atoms with Crippen LogP contribution in [0.25, 0.3) is 0 Å². The molecule has 5 rings (SSSR count). The number of likely N-dealkylation sites (tertiary alicyclic amines) is 1. The van der Waals surface area contributed by atoms with Crippen LogP contribution in [0.15, 0.2) is 73.8 Å². The molecule has 2 aromatic rings. The fraction of sp³-hybridized carbons (Fsp3) is 0.441. The van der Waals surface area contributed by atoms with Gasteiger partial charge in [0.15, 0.2) is 0 Å². The lowest BCUT2D eigenvalue weighted by molar-refractivity contribution is -0.150. The van der Waals surface area contributed by atoms with Gasteiger partial charge in [0, 0.05) is 31.9 Å². The summed E-state index contributed by atoms with van der Waals surface area (Å²) in [5.74, 6) is -2.40. The number of aryl methyl sites for hydroxylation is 2. The van der Waals surface area contributed by atoms with Crippen molar-refractivity contribution in [3.8, 4) is 0 Å². The summed E-state index contributed by atoms with van der Waals surface area (Å²) in [6.07, 6.45) is 4.36. The van der Waals surface area contributed by atoms with Crippen LogP contribution in [-0.4, -0.2) is 76.1 Å². The summed E-state index contributed by atoms with van der Waals surface area (Å²) >= 11 is 0. The molecule has 222 valence electrons. The van der Waals surface area contributed by atoms with Gasteiger partial charge in [-0.2, -0.15) is 0 Å². The van der Waals surface area contributed by atoms with E-state index in [9.17, 15) is 19.5 Å². The molecule has 1 N–H and O–H groups in total. The quantitative estimate of drug-likeness (QED) is 0.415. The van der Waals surface area contributed by atoms with Crippen molar-refractivity contribution in [2.75, 3.05) is 31.1 Å². The molecule has 0 aliphatic carbocycles. The number of hydrogen-bond donors (Lipinski definition) is 1. The Hall–Kier alpha value is -3.75. The van der Waals surface area contributed by atoms with Gasteiger partial charge in [0.2, 0.25) is 11.8 Å². The third-order valence-corrected chi connectivity index (χ3v) is 9.23. The Morgan fingerprint density at radius 3 is 2.45 bits per heavy atom. The van der Waals surface area contributed by atoms with Crippen molar-refractivity contribution in [1.82, 2.24) is 9.80 Å². The lowest BCUT2D eigenvalue weighted by Crippen LogP contribution is -2.57. The van der Waals surface area contributed by atoms with Gasteiger partial charge in [-0.3, -0.25) is 14.4 Å². The Morgan fingerprint density at radius 2 is 1.79 bits per heavy atom. The Morgan fingerprint density at radius 1 is 1.07 bits per heavy atom. The van der Waals surface area contributed by atoms with Crippen LogP contribution in [-0.2, 0) is 25.7 Å². The summed E-state index contributed by atoms with van der Waals surface area (Å²) in [5.41, 5.74) is 1.54. The first kappa shape index (κ1) is 29.7. The molecule has 8 nitrogen and oxygen atoms in total. The lowest BCUT2D eigenvalue weighted by atomic mass is 9.66. The highest BCUT2D eigenvalue weighted by Crippen LogP contribution is 2.63. The number of anilines is 1. The third-order valence-electron chi connectivity index (χ3n) is 9.23. The second kappa shape index (κ2) is 11.5. The normalized spacial score (nSPS) is 27.6. The second-order valence-corrected chi connectivity index (χ2v) is 12.0. The molecule has 0 saturated carbocycles. The van der Waals surface area contributed by atoms with Crippen molar-refractivity contribution in [3.63, 3.8) is 0 Å². The highest BCUT2D eigenvalue weighted by atomic mass is 16.5. The molecule has 3 heterocycles. The van der Waals surface area contributed by atoms with E-state index in [-0.39, 0.29) is 37.4 Å². The summed E-state index contributed by atoms with van der Waals surface area (Å²) in [5, 5.41) is 10.00. The van der Waals surface area contributed by atoms with E-state index in [0.717, 1.165) is 22.4 Å². The Bertz CT molecular complexity index is 1390. The molecule has 3 fully saturated rings. The minimum absolute atomic E-state index is 0.0242. The second-order valence-electron chi connectivity index (χ2n) is 12.0. The van der Waals surface area contributed by atoms with Crippen LogP contribution in [0.4, 0.5) is 5.69 Å². The van der Waals surface area contributed by atoms with Crippen molar-refractivity contribution in [3.05, 3.63) is 90.5 Å². The van der Waals surface area contributed by atoms with Crippen LogP contribution < -0.4 is 4.90 Å². The first-order valence-electron chi connectivity index (χ1n) is 14.7. The van der Waals surface area contributed by atoms with Crippen LogP contribution in [0, 0.1) is 25.7 Å². The van der Waals surface area contributed by atoms with Gasteiger partial charge < -0.3 is 24.5 Å². The summed E-state index contributed by atoms with van der Waals surface area (Å²) in [6, 6.07) is 14.6. The topological polar surface area (TPSA) is 90.4 Å². The highest BCUT2D eigenvalue weighted by Gasteiger charge is 2.78. The average Bonchev–Trinajstić information content (AvgIpc) is 3.54. The van der Waals surface area contributed by atoms with E-state index >= 15 is 0 Å². The molecule has 3 amide bonds. The minimum atomic E-state index is -1.18. The molecule has 2 bridgehead atoms. The molecule has 2 unspecified atom stereocenters. The van der Waals surface area contributed by atoms with Crippen LogP contribution in [0.1, 0.15) is 36.5 Å². The van der Waals surface area contributed by atoms with E-state index in [4.69, 9.17) is 4.74 Å². The number of benzene rings is 2. The number of carbonyl (C=O) groups is 3. The molecule has 42 heavy (non-hydrogen) atoms. The van der Waals surface area contributed by atoms with E-state index in [1.165, 1.54) is 4.90 Å². The van der Waals surface area contributed by atoms with Crippen LogP contribution >= 0.6 is 0 Å². The van der Waals surface area contributed by atoms with E-state index in [2.05, 4.69) is 13.2 Å². The molecule has 2 aromatic carbocycles. The number of fused-ring (bicyclic) bond motifs is 1. The molecule has 0 radical (unpaired) electrons. The van der Waals surface area contributed by atoms with Crippen molar-refractivity contribution in [2.24, 2.45) is 11.8 Å². The Kier molecular flexibility index (Phi) is 8.14. The van der Waals surface area contributed by atoms with E-state index in [1.807, 2.05) is 69.3 Å². The summed E-state index contributed by atoms with van der Waals surface area (Å²) < 4.78 is 6.79. The first-order chi connectivity index (χ1) is 20.1. The van der Waals surface area contributed by atoms with Gasteiger partial charge in [0.1, 0.15) is 11.6 Å². The zero-order chi connectivity index (χ0) is 30.2. The van der Waals surface area contributed by atoms with E-state index in [1.54, 1.807) is 22.0 Å². The number of nitrogens with zero attached hydrogens (tertiary/aromatic N) is 3. The van der Waals surface area contributed by atoms with E-state index in [0.29, 0.717) is 25.9 Å². The number of hydrogen-bond acceptors (Lipinski definition) is 5. The summed E-state index contributed by atoms with van der Waals surface area (Å²) in [7, 11) is 0. The summed E-state index contributed by atoms with van der Waals surface area (Å²) in [4.78, 5) is 48.1. The number of rotatable bonds is 11. The molecule has 5 atom stereocenters. The average molecular weight is 572 g/mol. The SMILES string of the molecule is C=CCN(Cc1ccccc1)C(=O)[C@@H]1[C@H]2C(=O)N(CCO)C(C(=O)N(CC=C)c3cc(C)ccc3C)C23CC[C@@]1(C)O3. The van der Waals surface area contributed by atoms with Crippen molar-refractivity contribution in [2.45, 2.75) is 57.4 Å². The highest BCUT2D eigenvalue weighted by molar-refractivity contribution is 6.05. The van der Waals surface area contributed by atoms with Gasteiger partial charge in [-0.15, -0.1) is 13.2 Å². The predicted octanol–water partition coefficient (Wildman–Crippen LogP) is 3.79. The monoisotopic (exact) mass is 571 g/mol. The minimum Gasteiger partial charge on any atom is -0.395 e. The van der Waals surface area contributed by atoms with Crippen LogP contribution in [0.2, 0.25) is 0 Å². The van der Waals surface area contributed by atoms with E-state index < -0.39 is 29.1 Å². The number of aliphatic hydroxyl groups is 1. The largest absolute Gasteiger partial charge is 0.395 e. The molecule has 3 aliphatic heterocycles. The number of aliphatic hydroxyl groups excluding tert-OH is 1. The number of ether oxygens (including phenoxy) is 1. The van der Waals surface area contributed by atoms with Gasteiger partial charge in [-0.05, 0) is 56.4 Å². The fourth-order valence-electron chi connectivity index (χ4n) is 7.41. The zero-order valence-corrected chi connectivity index (χ0v) is 24.8. The maximum absolute atomic E-state index is 14.6. The molecular weight excluding hydrogens is 530 g/mol. The molecule has 0 aromatic heterocycles. The molecule has 8 heteroatoms. The van der Waals surface area contributed by atoms with Crippen molar-refractivity contribution >= 4 is 23.4 Å². The van der Waals surface area contributed by atoms with Crippen LogP contribution in [0.5, 0.6) is 0 Å². The molecular formula is C34H41N3O5. The van der Waals surface area contributed by atoms with Crippen LogP contribution in [0.3, 0.4) is 0 Å². The summed E-state index contributed by atoms with van der Waals surface area (Å²) in [6.45, 7) is 14.1. The first-order valence-corrected chi connectivity index (χ1v) is 14.7. The maximum atomic E-state index is 14.6. The molecule has 1 spiro atoms. The molecule has 3 aliphatic rings. The predicted molar refractivity (Wildman–Crippen MR) is 162 cm³/mol. The van der Waals surface area contributed by atoms with Gasteiger partial charge in [-0.1, -0.05) is 54.6 Å². The van der Waals surface area contributed by atoms with Gasteiger partial charge in [0.05, 0.1) is 24.0 Å². The number of amides is 3. The van der Waals surface area contributed by atoms with Crippen molar-refractivity contribution in [1.29, 1.82) is 0 Å². The standard InChI is InChI=1S/C34H41N3O5/c1-6-17-35(22-25-11-9-8-10-12-25)30(39)27-28-31(40)37(19-20-38)29(34(28)16-15-33(27,5)42-34)32(41)36(18-7-2)26-21-23(3)13-14-24(26)4/h6-14,21,27-29,38H,1-2,15-20,22H2,3-5H3/t27-,28-,29?,33+,34?/m0/s1. The smallest absolute Gasteiger partial charge is 0.253 e. The van der Waals surface area contributed by atoms with Gasteiger partial charge in [-0.25, -0.2) is 0 Å².